The zero-order chi connectivity index (χ0) is 19.1. The van der Waals surface area contributed by atoms with Crippen molar-refractivity contribution < 1.29 is 18.8 Å². The molecule has 2 aliphatic heterocycles. The summed E-state index contributed by atoms with van der Waals surface area (Å²) >= 11 is 1.32. The van der Waals surface area contributed by atoms with Crippen LogP contribution >= 0.6 is 11.3 Å². The van der Waals surface area contributed by atoms with Gasteiger partial charge in [-0.15, -0.1) is 11.3 Å². The molecule has 1 atom stereocenters. The number of fused-ring (bicyclic) bond motifs is 1. The van der Waals surface area contributed by atoms with Gasteiger partial charge in [-0.1, -0.05) is 12.1 Å². The van der Waals surface area contributed by atoms with Crippen LogP contribution in [0.3, 0.4) is 0 Å². The number of amides is 4. The van der Waals surface area contributed by atoms with Crippen LogP contribution in [-0.2, 0) is 4.79 Å². The molecule has 4 rings (SSSR count). The Morgan fingerprint density at radius 1 is 1.19 bits per heavy atom. The molecule has 3 heterocycles. The van der Waals surface area contributed by atoms with Crippen molar-refractivity contribution in [3.8, 4) is 11.1 Å². The highest BCUT2D eigenvalue weighted by Crippen LogP contribution is 2.31. The Morgan fingerprint density at radius 2 is 1.93 bits per heavy atom. The van der Waals surface area contributed by atoms with E-state index in [1.54, 1.807) is 28.9 Å². The van der Waals surface area contributed by atoms with Crippen LogP contribution in [-0.4, -0.2) is 64.8 Å². The van der Waals surface area contributed by atoms with E-state index >= 15 is 0 Å². The van der Waals surface area contributed by atoms with Gasteiger partial charge in [0.15, 0.2) is 0 Å². The fourth-order valence-corrected chi connectivity index (χ4v) is 4.49. The first kappa shape index (κ1) is 17.7. The number of benzene rings is 1. The standard InChI is InChI=1S/C19H18FN3O3S/c1-2-22-17(24)15-11-21(8-9-23(15)19(22)26)18(25)16-14(7-10-27-16)12-3-5-13(20)6-4-12/h3-7,10,15H,2,8-9,11H2,1H3. The van der Waals surface area contributed by atoms with E-state index in [0.29, 0.717) is 24.5 Å². The Morgan fingerprint density at radius 3 is 2.63 bits per heavy atom. The number of nitrogens with zero attached hydrogens (tertiary/aromatic N) is 3. The summed E-state index contributed by atoms with van der Waals surface area (Å²) in [6, 6.07) is 6.97. The van der Waals surface area contributed by atoms with E-state index < -0.39 is 6.04 Å². The minimum Gasteiger partial charge on any atom is -0.334 e. The molecule has 140 valence electrons. The zero-order valence-electron chi connectivity index (χ0n) is 14.7. The second kappa shape index (κ2) is 6.77. The molecule has 2 fully saturated rings. The van der Waals surface area contributed by atoms with Crippen molar-refractivity contribution in [1.82, 2.24) is 14.7 Å². The Hall–Kier alpha value is -2.74. The van der Waals surface area contributed by atoms with Gasteiger partial charge in [-0.3, -0.25) is 14.5 Å². The maximum Gasteiger partial charge on any atom is 0.327 e. The van der Waals surface area contributed by atoms with E-state index in [1.165, 1.54) is 28.4 Å². The van der Waals surface area contributed by atoms with Crippen molar-refractivity contribution >= 4 is 29.2 Å². The first-order chi connectivity index (χ1) is 13.0. The van der Waals surface area contributed by atoms with Crippen molar-refractivity contribution in [2.45, 2.75) is 13.0 Å². The predicted molar refractivity (Wildman–Crippen MR) is 98.9 cm³/mol. The lowest BCUT2D eigenvalue weighted by Crippen LogP contribution is -2.54. The molecule has 27 heavy (non-hydrogen) atoms. The lowest BCUT2D eigenvalue weighted by Gasteiger charge is -2.35. The lowest BCUT2D eigenvalue weighted by molar-refractivity contribution is -0.129. The van der Waals surface area contributed by atoms with Gasteiger partial charge in [0.05, 0.1) is 11.4 Å². The molecule has 1 aromatic carbocycles. The number of imide groups is 1. The van der Waals surface area contributed by atoms with Crippen molar-refractivity contribution in [2.24, 2.45) is 0 Å². The summed E-state index contributed by atoms with van der Waals surface area (Å²) < 4.78 is 13.2. The first-order valence-electron chi connectivity index (χ1n) is 8.76. The van der Waals surface area contributed by atoms with E-state index in [0.717, 1.165) is 11.1 Å². The normalized spacial score (nSPS) is 19.6. The van der Waals surface area contributed by atoms with Crippen molar-refractivity contribution in [3.05, 3.63) is 46.4 Å². The van der Waals surface area contributed by atoms with Crippen LogP contribution in [0.1, 0.15) is 16.6 Å². The molecule has 0 saturated carbocycles. The van der Waals surface area contributed by atoms with Crippen LogP contribution in [0.5, 0.6) is 0 Å². The highest BCUT2D eigenvalue weighted by molar-refractivity contribution is 7.12. The van der Waals surface area contributed by atoms with E-state index in [9.17, 15) is 18.8 Å². The number of hydrogen-bond donors (Lipinski definition) is 0. The average Bonchev–Trinajstić information content (AvgIpc) is 3.25. The molecule has 0 aliphatic carbocycles. The molecule has 4 amide bonds. The number of hydrogen-bond acceptors (Lipinski definition) is 4. The quantitative estimate of drug-likeness (QED) is 0.761. The van der Waals surface area contributed by atoms with Crippen molar-refractivity contribution in [2.75, 3.05) is 26.2 Å². The first-order valence-corrected chi connectivity index (χ1v) is 9.64. The Balaban J connectivity index is 1.57. The third-order valence-corrected chi connectivity index (χ3v) is 5.93. The molecule has 0 spiro atoms. The summed E-state index contributed by atoms with van der Waals surface area (Å²) in [6.45, 7) is 3.01. The van der Waals surface area contributed by atoms with Crippen LogP contribution in [0, 0.1) is 5.82 Å². The lowest BCUT2D eigenvalue weighted by atomic mass is 10.1. The van der Waals surface area contributed by atoms with E-state index in [1.807, 2.05) is 11.4 Å². The molecule has 2 aliphatic rings. The molecule has 6 nitrogen and oxygen atoms in total. The molecule has 2 aromatic rings. The Kier molecular flexibility index (Phi) is 4.43. The molecule has 8 heteroatoms. The minimum atomic E-state index is -0.607. The summed E-state index contributed by atoms with van der Waals surface area (Å²) in [5.41, 5.74) is 1.51. The second-order valence-electron chi connectivity index (χ2n) is 6.50. The van der Waals surface area contributed by atoms with Gasteiger partial charge in [-0.05, 0) is 36.1 Å². The third kappa shape index (κ3) is 2.90. The van der Waals surface area contributed by atoms with Crippen LogP contribution in [0.2, 0.25) is 0 Å². The second-order valence-corrected chi connectivity index (χ2v) is 7.41. The zero-order valence-corrected chi connectivity index (χ0v) is 15.5. The van der Waals surface area contributed by atoms with E-state index in [-0.39, 0.29) is 30.2 Å². The summed E-state index contributed by atoms with van der Waals surface area (Å²) in [4.78, 5) is 42.7. The largest absolute Gasteiger partial charge is 0.334 e. The maximum absolute atomic E-state index is 13.2. The van der Waals surface area contributed by atoms with Gasteiger partial charge in [0.2, 0.25) is 0 Å². The van der Waals surface area contributed by atoms with Gasteiger partial charge in [0.1, 0.15) is 11.9 Å². The molecular weight excluding hydrogens is 369 g/mol. The van der Waals surface area contributed by atoms with E-state index in [4.69, 9.17) is 0 Å². The van der Waals surface area contributed by atoms with Gasteiger partial charge in [-0.2, -0.15) is 0 Å². The molecule has 0 bridgehead atoms. The summed E-state index contributed by atoms with van der Waals surface area (Å²) in [7, 11) is 0. The van der Waals surface area contributed by atoms with E-state index in [2.05, 4.69) is 0 Å². The highest BCUT2D eigenvalue weighted by Gasteiger charge is 2.47. The topological polar surface area (TPSA) is 60.9 Å². The summed E-state index contributed by atoms with van der Waals surface area (Å²) in [6.07, 6.45) is 0. The number of urea groups is 1. The van der Waals surface area contributed by atoms with Crippen LogP contribution in [0.25, 0.3) is 11.1 Å². The van der Waals surface area contributed by atoms with Gasteiger partial charge in [0.25, 0.3) is 11.8 Å². The van der Waals surface area contributed by atoms with Gasteiger partial charge in [0, 0.05) is 25.2 Å². The van der Waals surface area contributed by atoms with Crippen LogP contribution in [0.4, 0.5) is 9.18 Å². The number of rotatable bonds is 3. The summed E-state index contributed by atoms with van der Waals surface area (Å²) in [5, 5.41) is 1.82. The van der Waals surface area contributed by atoms with Crippen molar-refractivity contribution in [1.29, 1.82) is 0 Å². The van der Waals surface area contributed by atoms with Gasteiger partial charge in [-0.25, -0.2) is 9.18 Å². The number of carbonyl (C=O) groups excluding carboxylic acids is 3. The Labute approximate surface area is 159 Å². The number of likely N-dealkylation sites (N-methyl/N-ethyl adjacent to an activating group) is 1. The predicted octanol–water partition coefficient (Wildman–Crippen LogP) is 2.66. The molecular formula is C19H18FN3O3S. The molecule has 2 saturated heterocycles. The number of carbonyl (C=O) groups is 3. The SMILES string of the molecule is CCN1C(=O)C2CN(C(=O)c3sccc3-c3ccc(F)cc3)CCN2C1=O. The van der Waals surface area contributed by atoms with Crippen LogP contribution < -0.4 is 0 Å². The Bertz CT molecular complexity index is 911. The van der Waals surface area contributed by atoms with Gasteiger partial charge >= 0.3 is 6.03 Å². The maximum atomic E-state index is 13.2. The fourth-order valence-electron chi connectivity index (χ4n) is 3.60. The monoisotopic (exact) mass is 387 g/mol. The number of halogens is 1. The number of thiophene rings is 1. The average molecular weight is 387 g/mol. The minimum absolute atomic E-state index is 0.167. The number of piperazine rings is 1. The highest BCUT2D eigenvalue weighted by atomic mass is 32.1. The molecule has 1 unspecified atom stereocenters. The fraction of sp³-hybridized carbons (Fsp3) is 0.316. The molecule has 0 N–H and O–H groups in total. The van der Waals surface area contributed by atoms with Gasteiger partial charge < -0.3 is 9.80 Å². The molecule has 0 radical (unpaired) electrons. The summed E-state index contributed by atoms with van der Waals surface area (Å²) in [5.74, 6) is -0.744. The van der Waals surface area contributed by atoms with Crippen molar-refractivity contribution in [3.63, 3.8) is 0 Å². The smallest absolute Gasteiger partial charge is 0.327 e. The molecule has 1 aromatic heterocycles. The van der Waals surface area contributed by atoms with Crippen LogP contribution in [0.15, 0.2) is 35.7 Å². The third-order valence-electron chi connectivity index (χ3n) is 5.03.